The van der Waals surface area contributed by atoms with E-state index < -0.39 is 30.1 Å². The Morgan fingerprint density at radius 1 is 0.952 bits per heavy atom. The third-order valence-corrected chi connectivity index (χ3v) is 2.64. The molecule has 0 bridgehead atoms. The molecule has 0 amide bonds. The Balaban J connectivity index is 2.38. The van der Waals surface area contributed by atoms with Gasteiger partial charge in [0, 0.05) is 6.07 Å². The molecule has 8 heteroatoms. The minimum atomic E-state index is -4.78. The van der Waals surface area contributed by atoms with Crippen molar-refractivity contribution >= 4 is 12.6 Å². The highest BCUT2D eigenvalue weighted by molar-refractivity contribution is 6.59. The maximum atomic E-state index is 13.0. The molecular weight excluding hydrogens is 291 g/mol. The molecule has 0 fully saturated rings. The Morgan fingerprint density at radius 3 is 2.19 bits per heavy atom. The predicted octanol–water partition coefficient (Wildman–Crippen LogP) is 2.32. The summed E-state index contributed by atoms with van der Waals surface area (Å²) in [6, 6.07) is 7.56. The summed E-state index contributed by atoms with van der Waals surface area (Å²) in [7, 11) is -2.26. The summed E-state index contributed by atoms with van der Waals surface area (Å²) in [4.78, 5) is 0. The highest BCUT2D eigenvalue weighted by Crippen LogP contribution is 2.32. The lowest BCUT2D eigenvalue weighted by molar-refractivity contribution is -0.137. The summed E-state index contributed by atoms with van der Waals surface area (Å²) in [6.07, 6.45) is -4.78. The molecule has 3 nitrogen and oxygen atoms in total. The topological polar surface area (TPSA) is 49.7 Å². The van der Waals surface area contributed by atoms with Crippen molar-refractivity contribution in [3.63, 3.8) is 0 Å². The van der Waals surface area contributed by atoms with E-state index in [2.05, 4.69) is 0 Å². The number of alkyl halides is 3. The second kappa shape index (κ2) is 5.75. The van der Waals surface area contributed by atoms with Crippen LogP contribution in [0.5, 0.6) is 11.5 Å². The quantitative estimate of drug-likeness (QED) is 0.675. The first kappa shape index (κ1) is 15.3. The van der Waals surface area contributed by atoms with Crippen molar-refractivity contribution in [1.82, 2.24) is 0 Å². The Morgan fingerprint density at radius 2 is 1.62 bits per heavy atom. The maximum absolute atomic E-state index is 13.0. The molecule has 21 heavy (non-hydrogen) atoms. The number of hydrogen-bond acceptors (Lipinski definition) is 3. The lowest BCUT2D eigenvalue weighted by atomic mass is 9.77. The number of benzene rings is 2. The molecule has 0 saturated carbocycles. The van der Waals surface area contributed by atoms with Crippen LogP contribution in [0.1, 0.15) is 5.56 Å². The van der Waals surface area contributed by atoms with E-state index in [1.165, 1.54) is 18.2 Å². The average molecular weight is 300 g/mol. The predicted molar refractivity (Wildman–Crippen MR) is 67.7 cm³/mol. The van der Waals surface area contributed by atoms with E-state index in [4.69, 9.17) is 14.8 Å². The van der Waals surface area contributed by atoms with Gasteiger partial charge >= 0.3 is 13.3 Å². The summed E-state index contributed by atoms with van der Waals surface area (Å²) in [5, 5.41) is 17.9. The van der Waals surface area contributed by atoms with Crippen LogP contribution in [0.4, 0.5) is 17.6 Å². The number of rotatable bonds is 3. The molecule has 110 valence electrons. The molecule has 0 heterocycles. The van der Waals surface area contributed by atoms with E-state index in [-0.39, 0.29) is 11.5 Å². The minimum Gasteiger partial charge on any atom is -0.457 e. The van der Waals surface area contributed by atoms with Gasteiger partial charge in [0.2, 0.25) is 0 Å². The standard InChI is InChI=1S/C13H9BF4O3/c15-8-2-1-3-9(6-8)21-10-4-5-12(14(19)20)11(7-10)13(16,17)18/h1-7,19-20H. The Labute approximate surface area is 117 Å². The van der Waals surface area contributed by atoms with E-state index in [9.17, 15) is 17.6 Å². The molecule has 0 saturated heterocycles. The van der Waals surface area contributed by atoms with Crippen molar-refractivity contribution in [2.75, 3.05) is 0 Å². The fraction of sp³-hybridized carbons (Fsp3) is 0.0769. The van der Waals surface area contributed by atoms with E-state index in [1.54, 1.807) is 0 Å². The summed E-state index contributed by atoms with van der Waals surface area (Å²) in [5.74, 6) is -0.760. The molecule has 0 spiro atoms. The average Bonchev–Trinajstić information content (AvgIpc) is 2.37. The SMILES string of the molecule is OB(O)c1ccc(Oc2cccc(F)c2)cc1C(F)(F)F. The van der Waals surface area contributed by atoms with Crippen molar-refractivity contribution in [2.24, 2.45) is 0 Å². The van der Waals surface area contributed by atoms with Crippen LogP contribution in [-0.4, -0.2) is 17.2 Å². The van der Waals surface area contributed by atoms with Crippen molar-refractivity contribution in [1.29, 1.82) is 0 Å². The highest BCUT2D eigenvalue weighted by Gasteiger charge is 2.36. The molecule has 0 aliphatic carbocycles. The Bertz CT molecular complexity index is 644. The molecule has 0 radical (unpaired) electrons. The lowest BCUT2D eigenvalue weighted by Gasteiger charge is -2.14. The summed E-state index contributed by atoms with van der Waals surface area (Å²) in [6.45, 7) is 0. The van der Waals surface area contributed by atoms with Crippen molar-refractivity contribution in [3.05, 3.63) is 53.8 Å². The van der Waals surface area contributed by atoms with Gasteiger partial charge in [-0.3, -0.25) is 0 Å². The van der Waals surface area contributed by atoms with Crippen LogP contribution in [-0.2, 0) is 6.18 Å². The Hall–Kier alpha value is -2.06. The number of ether oxygens (including phenoxy) is 1. The smallest absolute Gasteiger partial charge is 0.457 e. The van der Waals surface area contributed by atoms with Crippen LogP contribution < -0.4 is 10.2 Å². The van der Waals surface area contributed by atoms with Gasteiger partial charge in [-0.2, -0.15) is 13.2 Å². The molecule has 0 aliphatic rings. The van der Waals surface area contributed by atoms with Crippen molar-refractivity contribution in [2.45, 2.75) is 6.18 Å². The van der Waals surface area contributed by atoms with Gasteiger partial charge < -0.3 is 14.8 Å². The zero-order valence-corrected chi connectivity index (χ0v) is 10.4. The van der Waals surface area contributed by atoms with Crippen LogP contribution in [0, 0.1) is 5.82 Å². The fourth-order valence-corrected chi connectivity index (χ4v) is 1.74. The van der Waals surface area contributed by atoms with Gasteiger partial charge in [0.25, 0.3) is 0 Å². The van der Waals surface area contributed by atoms with Gasteiger partial charge in [-0.15, -0.1) is 0 Å². The zero-order chi connectivity index (χ0) is 15.6. The molecular formula is C13H9BF4O3. The van der Waals surface area contributed by atoms with Crippen LogP contribution >= 0.6 is 0 Å². The summed E-state index contributed by atoms with van der Waals surface area (Å²) in [5.41, 5.74) is -1.92. The minimum absolute atomic E-state index is 0.0282. The summed E-state index contributed by atoms with van der Waals surface area (Å²) < 4.78 is 56.7. The van der Waals surface area contributed by atoms with Crippen LogP contribution in [0.2, 0.25) is 0 Å². The molecule has 2 N–H and O–H groups in total. The van der Waals surface area contributed by atoms with Gasteiger partial charge in [0.05, 0.1) is 5.56 Å². The van der Waals surface area contributed by atoms with Crippen molar-refractivity contribution in [3.8, 4) is 11.5 Å². The normalized spacial score (nSPS) is 11.3. The monoisotopic (exact) mass is 300 g/mol. The summed E-state index contributed by atoms with van der Waals surface area (Å²) >= 11 is 0. The molecule has 2 aromatic carbocycles. The molecule has 0 aromatic heterocycles. The van der Waals surface area contributed by atoms with E-state index in [0.717, 1.165) is 18.2 Å². The van der Waals surface area contributed by atoms with E-state index in [0.29, 0.717) is 6.07 Å². The van der Waals surface area contributed by atoms with Gasteiger partial charge in [-0.05, 0) is 29.7 Å². The second-order valence-electron chi connectivity index (χ2n) is 4.18. The molecule has 0 unspecified atom stereocenters. The highest BCUT2D eigenvalue weighted by atomic mass is 19.4. The van der Waals surface area contributed by atoms with E-state index >= 15 is 0 Å². The third-order valence-electron chi connectivity index (χ3n) is 2.64. The van der Waals surface area contributed by atoms with Crippen LogP contribution in [0.15, 0.2) is 42.5 Å². The first-order valence-electron chi connectivity index (χ1n) is 5.78. The van der Waals surface area contributed by atoms with Gasteiger partial charge in [0.1, 0.15) is 17.3 Å². The van der Waals surface area contributed by atoms with E-state index in [1.807, 2.05) is 0 Å². The largest absolute Gasteiger partial charge is 0.489 e. The van der Waals surface area contributed by atoms with Crippen molar-refractivity contribution < 1.29 is 32.3 Å². The van der Waals surface area contributed by atoms with Crippen LogP contribution in [0.25, 0.3) is 0 Å². The van der Waals surface area contributed by atoms with Crippen LogP contribution in [0.3, 0.4) is 0 Å². The third kappa shape index (κ3) is 3.74. The van der Waals surface area contributed by atoms with Gasteiger partial charge in [-0.25, -0.2) is 4.39 Å². The zero-order valence-electron chi connectivity index (χ0n) is 10.4. The molecule has 0 aliphatic heterocycles. The number of hydrogen-bond donors (Lipinski definition) is 2. The lowest BCUT2D eigenvalue weighted by Crippen LogP contribution is -2.35. The first-order valence-corrected chi connectivity index (χ1v) is 5.78. The molecule has 2 aromatic rings. The molecule has 0 atom stereocenters. The second-order valence-corrected chi connectivity index (χ2v) is 4.18. The first-order chi connectivity index (χ1) is 9.77. The van der Waals surface area contributed by atoms with Gasteiger partial charge in [0.15, 0.2) is 0 Å². The maximum Gasteiger partial charge on any atom is 0.489 e. The Kier molecular flexibility index (Phi) is 4.20. The number of halogens is 4. The molecule has 2 rings (SSSR count). The van der Waals surface area contributed by atoms with Gasteiger partial charge in [-0.1, -0.05) is 12.1 Å². The fourth-order valence-electron chi connectivity index (χ4n) is 1.74.